The summed E-state index contributed by atoms with van der Waals surface area (Å²) in [6, 6.07) is 1.91. The van der Waals surface area contributed by atoms with E-state index in [0.29, 0.717) is 17.9 Å². The molecule has 0 fully saturated rings. The van der Waals surface area contributed by atoms with Crippen LogP contribution in [0.3, 0.4) is 0 Å². The molecular formula is C16H19N5. The maximum Gasteiger partial charge on any atom is 0.221 e. The second-order valence-corrected chi connectivity index (χ2v) is 5.94. The molecule has 21 heavy (non-hydrogen) atoms. The van der Waals surface area contributed by atoms with Crippen LogP contribution in [0, 0.1) is 12.3 Å². The van der Waals surface area contributed by atoms with Crippen LogP contribution in [0.5, 0.6) is 0 Å². The predicted molar refractivity (Wildman–Crippen MR) is 84.5 cm³/mol. The molecule has 0 saturated carbocycles. The lowest BCUT2D eigenvalue weighted by molar-refractivity contribution is 0.581. The Hall–Kier alpha value is -2.61. The molecule has 0 spiro atoms. The van der Waals surface area contributed by atoms with Crippen LogP contribution in [0.25, 0.3) is 0 Å². The van der Waals surface area contributed by atoms with Crippen molar-refractivity contribution in [1.82, 2.24) is 15.0 Å². The van der Waals surface area contributed by atoms with Gasteiger partial charge in [-0.2, -0.15) is 4.98 Å². The van der Waals surface area contributed by atoms with E-state index < -0.39 is 0 Å². The molecule has 0 bridgehead atoms. The first kappa shape index (κ1) is 14.8. The van der Waals surface area contributed by atoms with Crippen LogP contribution in [0.1, 0.15) is 43.2 Å². The molecule has 108 valence electrons. The molecule has 0 amide bonds. The van der Waals surface area contributed by atoms with Crippen LogP contribution < -0.4 is 11.5 Å². The molecule has 4 N–H and O–H groups in total. The third kappa shape index (κ3) is 3.29. The van der Waals surface area contributed by atoms with Gasteiger partial charge in [-0.25, -0.2) is 9.97 Å². The highest BCUT2D eigenvalue weighted by atomic mass is 15.0. The number of pyridine rings is 1. The van der Waals surface area contributed by atoms with Crippen molar-refractivity contribution in [3.8, 4) is 12.3 Å². The number of nitrogen functional groups attached to an aromatic ring is 2. The van der Waals surface area contributed by atoms with Gasteiger partial charge in [0, 0.05) is 24.4 Å². The lowest BCUT2D eigenvalue weighted by Gasteiger charge is -2.23. The van der Waals surface area contributed by atoms with E-state index in [9.17, 15) is 0 Å². The summed E-state index contributed by atoms with van der Waals surface area (Å²) < 4.78 is 0. The number of terminal acetylenes is 1. The van der Waals surface area contributed by atoms with Crippen LogP contribution in [-0.4, -0.2) is 15.0 Å². The van der Waals surface area contributed by atoms with Crippen LogP contribution in [0.15, 0.2) is 18.5 Å². The summed E-state index contributed by atoms with van der Waals surface area (Å²) in [4.78, 5) is 12.3. The van der Waals surface area contributed by atoms with Gasteiger partial charge in [0.2, 0.25) is 5.95 Å². The number of nitrogens with two attached hydrogens (primary N) is 2. The number of hydrogen-bond acceptors (Lipinski definition) is 5. The fourth-order valence-electron chi connectivity index (χ4n) is 2.17. The summed E-state index contributed by atoms with van der Waals surface area (Å²) in [6.45, 7) is 6.39. The molecule has 5 heteroatoms. The summed E-state index contributed by atoms with van der Waals surface area (Å²) in [5.41, 5.74) is 15.0. The van der Waals surface area contributed by atoms with Gasteiger partial charge in [-0.05, 0) is 22.6 Å². The molecule has 0 saturated heterocycles. The Balaban J connectivity index is 2.49. The van der Waals surface area contributed by atoms with Gasteiger partial charge >= 0.3 is 0 Å². The van der Waals surface area contributed by atoms with Gasteiger partial charge in [0.1, 0.15) is 11.5 Å². The molecule has 2 heterocycles. The molecule has 0 unspecified atom stereocenters. The summed E-state index contributed by atoms with van der Waals surface area (Å²) >= 11 is 0. The monoisotopic (exact) mass is 281 g/mol. The zero-order chi connectivity index (χ0) is 15.6. The van der Waals surface area contributed by atoms with E-state index in [1.54, 1.807) is 6.20 Å². The van der Waals surface area contributed by atoms with E-state index in [0.717, 1.165) is 16.7 Å². The molecule has 0 aromatic carbocycles. The largest absolute Gasteiger partial charge is 0.383 e. The highest BCUT2D eigenvalue weighted by Gasteiger charge is 2.19. The van der Waals surface area contributed by atoms with Crippen LogP contribution in [0.2, 0.25) is 0 Å². The predicted octanol–water partition coefficient (Wildman–Crippen LogP) is 1.91. The number of aromatic nitrogens is 3. The fraction of sp³-hybridized carbons (Fsp3) is 0.312. The van der Waals surface area contributed by atoms with E-state index in [1.165, 1.54) is 0 Å². The standard InChI is InChI=1S/C16H19N5/c1-5-12-7-10(13(9-19-12)16(2,3)4)6-11-8-20-15(18)21-14(11)17/h1,7-9H,6H2,2-4H3,(H4,17,18,20,21). The zero-order valence-corrected chi connectivity index (χ0v) is 12.5. The summed E-state index contributed by atoms with van der Waals surface area (Å²) in [5, 5.41) is 0. The highest BCUT2D eigenvalue weighted by molar-refractivity contribution is 5.47. The Morgan fingerprint density at radius 2 is 1.86 bits per heavy atom. The van der Waals surface area contributed by atoms with Crippen molar-refractivity contribution in [3.05, 3.63) is 40.8 Å². The van der Waals surface area contributed by atoms with Crippen molar-refractivity contribution in [1.29, 1.82) is 0 Å². The topological polar surface area (TPSA) is 90.7 Å². The van der Waals surface area contributed by atoms with E-state index in [1.807, 2.05) is 12.3 Å². The smallest absolute Gasteiger partial charge is 0.221 e. The summed E-state index contributed by atoms with van der Waals surface area (Å²) in [6.07, 6.45) is 9.52. The van der Waals surface area contributed by atoms with Gasteiger partial charge in [-0.15, -0.1) is 6.42 Å². The van der Waals surface area contributed by atoms with E-state index >= 15 is 0 Å². The van der Waals surface area contributed by atoms with Crippen molar-refractivity contribution in [3.63, 3.8) is 0 Å². The normalized spacial score (nSPS) is 11.1. The average molecular weight is 281 g/mol. The Bertz CT molecular complexity index is 708. The average Bonchev–Trinajstić information content (AvgIpc) is 2.40. The SMILES string of the molecule is C#Cc1cc(Cc2cnc(N)nc2N)c(C(C)(C)C)cn1. The molecular weight excluding hydrogens is 262 g/mol. The summed E-state index contributed by atoms with van der Waals surface area (Å²) in [7, 11) is 0. The van der Waals surface area contributed by atoms with Gasteiger partial charge in [0.15, 0.2) is 0 Å². The Labute approximate surface area is 124 Å². The van der Waals surface area contributed by atoms with Crippen molar-refractivity contribution in [2.24, 2.45) is 0 Å². The molecule has 2 aromatic rings. The van der Waals surface area contributed by atoms with Crippen LogP contribution >= 0.6 is 0 Å². The first-order valence-electron chi connectivity index (χ1n) is 6.64. The molecule has 0 radical (unpaired) electrons. The first-order valence-corrected chi connectivity index (χ1v) is 6.64. The minimum absolute atomic E-state index is 0.0428. The van der Waals surface area contributed by atoms with Gasteiger partial charge in [-0.3, -0.25) is 0 Å². The van der Waals surface area contributed by atoms with E-state index in [2.05, 4.69) is 41.6 Å². The highest BCUT2D eigenvalue weighted by Crippen LogP contribution is 2.28. The number of hydrogen-bond donors (Lipinski definition) is 2. The van der Waals surface area contributed by atoms with Gasteiger partial charge < -0.3 is 11.5 Å². The number of nitrogens with zero attached hydrogens (tertiary/aromatic N) is 3. The number of rotatable bonds is 2. The lowest BCUT2D eigenvalue weighted by Crippen LogP contribution is -2.16. The second-order valence-electron chi connectivity index (χ2n) is 5.94. The Morgan fingerprint density at radius 3 is 2.43 bits per heavy atom. The second kappa shape index (κ2) is 5.41. The van der Waals surface area contributed by atoms with Gasteiger partial charge in [0.05, 0.1) is 0 Å². The number of anilines is 2. The molecule has 2 aromatic heterocycles. The molecule has 2 rings (SSSR count). The van der Waals surface area contributed by atoms with Crippen molar-refractivity contribution in [2.45, 2.75) is 32.6 Å². The quantitative estimate of drug-likeness (QED) is 0.820. The maximum absolute atomic E-state index is 5.91. The molecule has 0 aliphatic carbocycles. The lowest BCUT2D eigenvalue weighted by atomic mass is 9.83. The maximum atomic E-state index is 5.91. The molecule has 0 atom stereocenters. The summed E-state index contributed by atoms with van der Waals surface area (Å²) in [5.74, 6) is 3.12. The minimum Gasteiger partial charge on any atom is -0.383 e. The van der Waals surface area contributed by atoms with Crippen molar-refractivity contribution >= 4 is 11.8 Å². The van der Waals surface area contributed by atoms with Crippen LogP contribution in [-0.2, 0) is 11.8 Å². The fourth-order valence-corrected chi connectivity index (χ4v) is 2.17. The minimum atomic E-state index is -0.0428. The van der Waals surface area contributed by atoms with E-state index in [4.69, 9.17) is 17.9 Å². The third-order valence-corrected chi connectivity index (χ3v) is 3.24. The zero-order valence-electron chi connectivity index (χ0n) is 12.5. The van der Waals surface area contributed by atoms with E-state index in [-0.39, 0.29) is 11.4 Å². The molecule has 0 aliphatic rings. The first-order chi connectivity index (χ1) is 9.81. The Morgan fingerprint density at radius 1 is 1.14 bits per heavy atom. The third-order valence-electron chi connectivity index (χ3n) is 3.24. The molecule has 0 aliphatic heterocycles. The molecule has 5 nitrogen and oxygen atoms in total. The van der Waals surface area contributed by atoms with Crippen molar-refractivity contribution < 1.29 is 0 Å². The van der Waals surface area contributed by atoms with Crippen LogP contribution in [0.4, 0.5) is 11.8 Å². The van der Waals surface area contributed by atoms with Gasteiger partial charge in [-0.1, -0.05) is 26.7 Å². The Kier molecular flexibility index (Phi) is 3.81. The van der Waals surface area contributed by atoms with Gasteiger partial charge in [0.25, 0.3) is 0 Å². The van der Waals surface area contributed by atoms with Crippen molar-refractivity contribution in [2.75, 3.05) is 11.5 Å².